The van der Waals surface area contributed by atoms with E-state index in [1.165, 1.54) is 30.5 Å². The summed E-state index contributed by atoms with van der Waals surface area (Å²) in [5.41, 5.74) is 2.76. The Morgan fingerprint density at radius 1 is 1.00 bits per heavy atom. The lowest BCUT2D eigenvalue weighted by Gasteiger charge is -2.29. The van der Waals surface area contributed by atoms with Gasteiger partial charge >= 0.3 is 0 Å². The average Bonchev–Trinajstić information content (AvgIpc) is 3.11. The number of nitrogens with zero attached hydrogens (tertiary/aromatic N) is 3. The molecule has 0 aliphatic carbocycles. The first-order valence-electron chi connectivity index (χ1n) is 9.10. The zero-order chi connectivity index (χ0) is 16.2. The molecule has 2 aromatic rings. The van der Waals surface area contributed by atoms with Gasteiger partial charge in [0.1, 0.15) is 5.82 Å². The van der Waals surface area contributed by atoms with Crippen LogP contribution in [0.1, 0.15) is 30.0 Å². The van der Waals surface area contributed by atoms with E-state index in [1.54, 1.807) is 0 Å². The molecule has 0 radical (unpaired) electrons. The van der Waals surface area contributed by atoms with Gasteiger partial charge in [0.2, 0.25) is 0 Å². The van der Waals surface area contributed by atoms with E-state index in [4.69, 9.17) is 4.98 Å². The fourth-order valence-electron chi connectivity index (χ4n) is 3.89. The summed E-state index contributed by atoms with van der Waals surface area (Å²) in [7, 11) is 0. The highest BCUT2D eigenvalue weighted by Crippen LogP contribution is 2.33. The molecule has 0 saturated carbocycles. The predicted octanol–water partition coefficient (Wildman–Crippen LogP) is 2.83. The quantitative estimate of drug-likeness (QED) is 0.938. The van der Waals surface area contributed by atoms with Gasteiger partial charge in [-0.3, -0.25) is 4.90 Å². The summed E-state index contributed by atoms with van der Waals surface area (Å²) < 4.78 is 0. The molecule has 4 heteroatoms. The summed E-state index contributed by atoms with van der Waals surface area (Å²) in [5, 5.41) is 3.39. The molecule has 24 heavy (non-hydrogen) atoms. The van der Waals surface area contributed by atoms with Gasteiger partial charge in [0, 0.05) is 45.0 Å². The SMILES string of the molecule is c1ccc(CN2CCC[C@H]2c2ccc(N3CCNCC3)nc2)cc1. The van der Waals surface area contributed by atoms with Crippen molar-refractivity contribution >= 4 is 5.82 Å². The van der Waals surface area contributed by atoms with Crippen molar-refractivity contribution in [3.05, 3.63) is 59.8 Å². The van der Waals surface area contributed by atoms with Crippen LogP contribution in [-0.4, -0.2) is 42.6 Å². The Morgan fingerprint density at radius 3 is 2.58 bits per heavy atom. The highest BCUT2D eigenvalue weighted by Gasteiger charge is 2.26. The lowest BCUT2D eigenvalue weighted by Crippen LogP contribution is -2.43. The molecule has 4 rings (SSSR count). The van der Waals surface area contributed by atoms with Gasteiger partial charge in [-0.2, -0.15) is 0 Å². The molecule has 1 aromatic carbocycles. The van der Waals surface area contributed by atoms with Gasteiger partial charge in [-0.25, -0.2) is 4.98 Å². The number of benzene rings is 1. The molecule has 4 nitrogen and oxygen atoms in total. The Labute approximate surface area is 144 Å². The van der Waals surface area contributed by atoms with Crippen molar-refractivity contribution in [1.29, 1.82) is 0 Å². The molecule has 126 valence electrons. The third-order valence-corrected chi connectivity index (χ3v) is 5.19. The van der Waals surface area contributed by atoms with E-state index in [2.05, 4.69) is 63.8 Å². The molecule has 2 saturated heterocycles. The van der Waals surface area contributed by atoms with Crippen molar-refractivity contribution in [2.24, 2.45) is 0 Å². The van der Waals surface area contributed by atoms with E-state index < -0.39 is 0 Å². The zero-order valence-corrected chi connectivity index (χ0v) is 14.2. The number of nitrogens with one attached hydrogen (secondary N) is 1. The lowest BCUT2D eigenvalue weighted by molar-refractivity contribution is 0.248. The number of hydrogen-bond donors (Lipinski definition) is 1. The van der Waals surface area contributed by atoms with Gasteiger partial charge in [0.25, 0.3) is 0 Å². The van der Waals surface area contributed by atoms with Crippen molar-refractivity contribution in [2.75, 3.05) is 37.6 Å². The highest BCUT2D eigenvalue weighted by atomic mass is 15.2. The van der Waals surface area contributed by atoms with Gasteiger partial charge in [-0.05, 0) is 36.6 Å². The minimum Gasteiger partial charge on any atom is -0.354 e. The van der Waals surface area contributed by atoms with Crippen molar-refractivity contribution in [1.82, 2.24) is 15.2 Å². The number of anilines is 1. The Hall–Kier alpha value is -1.91. The summed E-state index contributed by atoms with van der Waals surface area (Å²) in [4.78, 5) is 9.73. The molecule has 0 unspecified atom stereocenters. The highest BCUT2D eigenvalue weighted by molar-refractivity contribution is 5.40. The Morgan fingerprint density at radius 2 is 1.83 bits per heavy atom. The lowest BCUT2D eigenvalue weighted by atomic mass is 10.1. The molecule has 2 aliphatic heterocycles. The van der Waals surface area contributed by atoms with Gasteiger partial charge in [-0.15, -0.1) is 0 Å². The first-order chi connectivity index (χ1) is 11.9. The van der Waals surface area contributed by atoms with Crippen LogP contribution in [0.5, 0.6) is 0 Å². The monoisotopic (exact) mass is 322 g/mol. The second kappa shape index (κ2) is 7.32. The first-order valence-corrected chi connectivity index (χ1v) is 9.10. The number of hydrogen-bond acceptors (Lipinski definition) is 4. The summed E-state index contributed by atoms with van der Waals surface area (Å²) in [5.74, 6) is 1.12. The molecule has 0 spiro atoms. The molecule has 1 N–H and O–H groups in total. The average molecular weight is 322 g/mol. The Kier molecular flexibility index (Phi) is 4.76. The fourth-order valence-corrected chi connectivity index (χ4v) is 3.89. The van der Waals surface area contributed by atoms with E-state index in [9.17, 15) is 0 Å². The molecule has 1 atom stereocenters. The largest absolute Gasteiger partial charge is 0.354 e. The molecule has 1 aromatic heterocycles. The predicted molar refractivity (Wildman–Crippen MR) is 98.1 cm³/mol. The van der Waals surface area contributed by atoms with E-state index >= 15 is 0 Å². The molecular formula is C20H26N4. The summed E-state index contributed by atoms with van der Waals surface area (Å²) >= 11 is 0. The maximum absolute atomic E-state index is 4.76. The minimum atomic E-state index is 0.509. The van der Waals surface area contributed by atoms with Crippen LogP contribution in [0.25, 0.3) is 0 Å². The molecular weight excluding hydrogens is 296 g/mol. The van der Waals surface area contributed by atoms with E-state index in [0.717, 1.165) is 38.5 Å². The Balaban J connectivity index is 1.46. The zero-order valence-electron chi connectivity index (χ0n) is 14.2. The van der Waals surface area contributed by atoms with Crippen molar-refractivity contribution in [2.45, 2.75) is 25.4 Å². The van der Waals surface area contributed by atoms with Gasteiger partial charge < -0.3 is 10.2 Å². The molecule has 3 heterocycles. The normalized spacial score (nSPS) is 22.0. The molecule has 2 fully saturated rings. The van der Waals surface area contributed by atoms with Crippen LogP contribution < -0.4 is 10.2 Å². The van der Waals surface area contributed by atoms with Crippen LogP contribution in [0, 0.1) is 0 Å². The number of pyridine rings is 1. The van der Waals surface area contributed by atoms with Crippen molar-refractivity contribution < 1.29 is 0 Å². The third-order valence-electron chi connectivity index (χ3n) is 5.19. The van der Waals surface area contributed by atoms with Crippen LogP contribution in [0.4, 0.5) is 5.82 Å². The topological polar surface area (TPSA) is 31.4 Å². The van der Waals surface area contributed by atoms with E-state index in [0.29, 0.717) is 6.04 Å². The number of rotatable bonds is 4. The number of likely N-dealkylation sites (tertiary alicyclic amines) is 1. The van der Waals surface area contributed by atoms with Crippen molar-refractivity contribution in [3.63, 3.8) is 0 Å². The number of piperazine rings is 1. The second-order valence-corrected chi connectivity index (χ2v) is 6.80. The fraction of sp³-hybridized carbons (Fsp3) is 0.450. The third kappa shape index (κ3) is 3.45. The first kappa shape index (κ1) is 15.6. The van der Waals surface area contributed by atoms with Crippen molar-refractivity contribution in [3.8, 4) is 0 Å². The summed E-state index contributed by atoms with van der Waals surface area (Å²) in [6, 6.07) is 15.8. The van der Waals surface area contributed by atoms with Gasteiger partial charge in [-0.1, -0.05) is 36.4 Å². The van der Waals surface area contributed by atoms with Gasteiger partial charge in [0.05, 0.1) is 0 Å². The minimum absolute atomic E-state index is 0.509. The smallest absolute Gasteiger partial charge is 0.128 e. The van der Waals surface area contributed by atoms with Crippen LogP contribution in [0.3, 0.4) is 0 Å². The van der Waals surface area contributed by atoms with E-state index in [-0.39, 0.29) is 0 Å². The number of aromatic nitrogens is 1. The van der Waals surface area contributed by atoms with Crippen LogP contribution >= 0.6 is 0 Å². The summed E-state index contributed by atoms with van der Waals surface area (Å²) in [6.07, 6.45) is 4.61. The van der Waals surface area contributed by atoms with E-state index in [1.807, 2.05) is 0 Å². The standard InChI is InChI=1S/C20H26N4/c1-2-5-17(6-3-1)16-24-12-4-7-19(24)18-8-9-20(22-15-18)23-13-10-21-11-14-23/h1-3,5-6,8-9,15,19,21H,4,7,10-14,16H2/t19-/m0/s1. The maximum atomic E-state index is 4.76. The van der Waals surface area contributed by atoms with Gasteiger partial charge in [0.15, 0.2) is 0 Å². The van der Waals surface area contributed by atoms with Crippen LogP contribution in [0.2, 0.25) is 0 Å². The second-order valence-electron chi connectivity index (χ2n) is 6.80. The molecule has 0 bridgehead atoms. The van der Waals surface area contributed by atoms with Crippen LogP contribution in [0.15, 0.2) is 48.7 Å². The summed E-state index contributed by atoms with van der Waals surface area (Å²) in [6.45, 7) is 6.42. The Bertz CT molecular complexity index is 634. The molecule has 0 amide bonds. The molecule has 2 aliphatic rings. The maximum Gasteiger partial charge on any atom is 0.128 e. The van der Waals surface area contributed by atoms with Crippen LogP contribution in [-0.2, 0) is 6.54 Å².